The predicted molar refractivity (Wildman–Crippen MR) is 63.6 cm³/mol. The monoisotopic (exact) mass is 270 g/mol. The molecule has 0 aliphatic carbocycles. The largest absolute Gasteiger partial charge is 0.419 e. The van der Waals surface area contributed by atoms with Gasteiger partial charge in [-0.25, -0.2) is 4.68 Å². The Labute approximate surface area is 108 Å². The van der Waals surface area contributed by atoms with Gasteiger partial charge in [0.15, 0.2) is 0 Å². The van der Waals surface area contributed by atoms with Gasteiger partial charge in [-0.1, -0.05) is 6.92 Å². The first-order valence-corrected chi connectivity index (χ1v) is 5.75. The van der Waals surface area contributed by atoms with E-state index in [9.17, 15) is 13.2 Å². The van der Waals surface area contributed by atoms with Crippen molar-refractivity contribution in [3.05, 3.63) is 42.0 Å². The molecule has 0 radical (unpaired) electrons. The van der Waals surface area contributed by atoms with Crippen LogP contribution >= 0.6 is 0 Å². The van der Waals surface area contributed by atoms with Gasteiger partial charge in [-0.05, 0) is 18.6 Å². The number of nitrogens with zero attached hydrogens (tertiary/aromatic N) is 3. The van der Waals surface area contributed by atoms with E-state index in [1.54, 1.807) is 12.1 Å². The van der Waals surface area contributed by atoms with Crippen LogP contribution in [0.1, 0.15) is 30.6 Å². The lowest BCUT2D eigenvalue weighted by atomic mass is 10.1. The summed E-state index contributed by atoms with van der Waals surface area (Å²) >= 11 is 0. The van der Waals surface area contributed by atoms with Crippen molar-refractivity contribution >= 4 is 0 Å². The van der Waals surface area contributed by atoms with Crippen molar-refractivity contribution in [3.8, 4) is 5.69 Å². The van der Waals surface area contributed by atoms with Crippen LogP contribution in [-0.4, -0.2) is 14.8 Å². The summed E-state index contributed by atoms with van der Waals surface area (Å²) in [6.07, 6.45) is -0.483. The van der Waals surface area contributed by atoms with Gasteiger partial charge in [0, 0.05) is 12.2 Å². The molecule has 4 nitrogen and oxygen atoms in total. The molecule has 0 aliphatic heterocycles. The lowest BCUT2D eigenvalue weighted by molar-refractivity contribution is -0.137. The molecule has 2 rings (SSSR count). The Morgan fingerprint density at radius 2 is 2.05 bits per heavy atom. The third kappa shape index (κ3) is 2.93. The van der Waals surface area contributed by atoms with E-state index in [1.165, 1.54) is 6.20 Å². The van der Waals surface area contributed by atoms with Crippen molar-refractivity contribution in [2.75, 3.05) is 0 Å². The molecule has 2 heterocycles. The van der Waals surface area contributed by atoms with Crippen LogP contribution in [0.5, 0.6) is 0 Å². The van der Waals surface area contributed by atoms with Gasteiger partial charge in [-0.2, -0.15) is 18.3 Å². The Hall–Kier alpha value is -1.89. The summed E-state index contributed by atoms with van der Waals surface area (Å²) in [4.78, 5) is 4.13. The third-order valence-corrected chi connectivity index (χ3v) is 2.76. The van der Waals surface area contributed by atoms with Crippen LogP contribution in [-0.2, 0) is 6.18 Å². The maximum atomic E-state index is 12.4. The van der Waals surface area contributed by atoms with E-state index in [-0.39, 0.29) is 6.04 Å². The Bertz CT molecular complexity index is 545. The topological polar surface area (TPSA) is 56.7 Å². The zero-order valence-electron chi connectivity index (χ0n) is 10.2. The number of pyridine rings is 1. The van der Waals surface area contributed by atoms with Crippen LogP contribution in [0, 0.1) is 0 Å². The molecular formula is C12H13F3N4. The standard InChI is InChI=1S/C12H13F3N4/c1-2-10(16)11-4-3-9(6-17-11)19-7-8(5-18-19)12(13,14)15/h3-7,10H,2,16H2,1H3/t10-/m0/s1. The first-order chi connectivity index (χ1) is 8.91. The lowest BCUT2D eigenvalue weighted by Gasteiger charge is -2.08. The molecule has 7 heteroatoms. The van der Waals surface area contributed by atoms with E-state index in [4.69, 9.17) is 5.73 Å². The molecule has 0 aliphatic rings. The fraction of sp³-hybridized carbons (Fsp3) is 0.333. The molecule has 0 saturated heterocycles. The van der Waals surface area contributed by atoms with E-state index in [0.29, 0.717) is 11.4 Å². The molecule has 102 valence electrons. The van der Waals surface area contributed by atoms with Crippen molar-refractivity contribution in [2.45, 2.75) is 25.6 Å². The molecule has 0 amide bonds. The summed E-state index contributed by atoms with van der Waals surface area (Å²) in [7, 11) is 0. The maximum Gasteiger partial charge on any atom is 0.419 e. The van der Waals surface area contributed by atoms with E-state index < -0.39 is 11.7 Å². The molecule has 2 aromatic rings. The van der Waals surface area contributed by atoms with Crippen LogP contribution in [0.3, 0.4) is 0 Å². The third-order valence-electron chi connectivity index (χ3n) is 2.76. The average molecular weight is 270 g/mol. The Balaban J connectivity index is 2.25. The first kappa shape index (κ1) is 13.5. The summed E-state index contributed by atoms with van der Waals surface area (Å²) in [5.74, 6) is 0. The fourth-order valence-electron chi connectivity index (χ4n) is 1.57. The second kappa shape index (κ2) is 5.00. The Morgan fingerprint density at radius 1 is 1.32 bits per heavy atom. The van der Waals surface area contributed by atoms with E-state index in [2.05, 4.69) is 10.1 Å². The molecule has 1 atom stereocenters. The van der Waals surface area contributed by atoms with Gasteiger partial charge in [-0.15, -0.1) is 0 Å². The van der Waals surface area contributed by atoms with Crippen molar-refractivity contribution in [1.82, 2.24) is 14.8 Å². The van der Waals surface area contributed by atoms with Crippen LogP contribution in [0.25, 0.3) is 5.69 Å². The highest BCUT2D eigenvalue weighted by atomic mass is 19.4. The molecule has 0 aromatic carbocycles. The highest BCUT2D eigenvalue weighted by Gasteiger charge is 2.32. The van der Waals surface area contributed by atoms with Crippen molar-refractivity contribution in [2.24, 2.45) is 5.73 Å². The SMILES string of the molecule is CC[C@H](N)c1ccc(-n2cc(C(F)(F)F)cn2)cn1. The second-order valence-corrected chi connectivity index (χ2v) is 4.13. The minimum absolute atomic E-state index is 0.169. The highest BCUT2D eigenvalue weighted by Crippen LogP contribution is 2.29. The van der Waals surface area contributed by atoms with Crippen molar-refractivity contribution in [1.29, 1.82) is 0 Å². The summed E-state index contributed by atoms with van der Waals surface area (Å²) in [6.45, 7) is 1.93. The van der Waals surface area contributed by atoms with Gasteiger partial charge in [0.25, 0.3) is 0 Å². The zero-order chi connectivity index (χ0) is 14.0. The average Bonchev–Trinajstić information content (AvgIpc) is 2.87. The minimum Gasteiger partial charge on any atom is -0.323 e. The van der Waals surface area contributed by atoms with Gasteiger partial charge >= 0.3 is 6.18 Å². The molecule has 0 fully saturated rings. The van der Waals surface area contributed by atoms with Gasteiger partial charge in [0.2, 0.25) is 0 Å². The minimum atomic E-state index is -4.39. The van der Waals surface area contributed by atoms with Crippen molar-refractivity contribution in [3.63, 3.8) is 0 Å². The molecule has 0 bridgehead atoms. The van der Waals surface area contributed by atoms with Crippen LogP contribution in [0.2, 0.25) is 0 Å². The maximum absolute atomic E-state index is 12.4. The number of hydrogen-bond acceptors (Lipinski definition) is 3. The van der Waals surface area contributed by atoms with E-state index >= 15 is 0 Å². The van der Waals surface area contributed by atoms with Crippen LogP contribution in [0.4, 0.5) is 13.2 Å². The molecule has 2 N–H and O–H groups in total. The normalized spacial score (nSPS) is 13.5. The number of halogens is 3. The van der Waals surface area contributed by atoms with Gasteiger partial charge < -0.3 is 5.73 Å². The smallest absolute Gasteiger partial charge is 0.323 e. The number of rotatable bonds is 3. The summed E-state index contributed by atoms with van der Waals surface area (Å²) in [6, 6.07) is 3.17. The first-order valence-electron chi connectivity index (χ1n) is 5.75. The summed E-state index contributed by atoms with van der Waals surface area (Å²) < 4.78 is 38.5. The van der Waals surface area contributed by atoms with E-state index in [0.717, 1.165) is 23.5 Å². The second-order valence-electron chi connectivity index (χ2n) is 4.13. The van der Waals surface area contributed by atoms with Gasteiger partial charge in [-0.3, -0.25) is 4.98 Å². The Morgan fingerprint density at radius 3 is 2.53 bits per heavy atom. The Kier molecular flexibility index (Phi) is 3.57. The number of alkyl halides is 3. The number of aromatic nitrogens is 3. The number of nitrogens with two attached hydrogens (primary N) is 1. The van der Waals surface area contributed by atoms with Gasteiger partial charge in [0.05, 0.1) is 29.3 Å². The van der Waals surface area contributed by atoms with Crippen LogP contribution in [0.15, 0.2) is 30.7 Å². The molecule has 0 spiro atoms. The number of hydrogen-bond donors (Lipinski definition) is 1. The molecule has 2 aromatic heterocycles. The van der Waals surface area contributed by atoms with Crippen molar-refractivity contribution < 1.29 is 13.2 Å². The fourth-order valence-corrected chi connectivity index (χ4v) is 1.57. The van der Waals surface area contributed by atoms with E-state index in [1.807, 2.05) is 6.92 Å². The summed E-state index contributed by atoms with van der Waals surface area (Å²) in [5, 5.41) is 3.67. The molecular weight excluding hydrogens is 257 g/mol. The zero-order valence-corrected chi connectivity index (χ0v) is 10.2. The predicted octanol–water partition coefficient (Wildman–Crippen LogP) is 2.70. The molecule has 19 heavy (non-hydrogen) atoms. The molecule has 0 unspecified atom stereocenters. The molecule has 0 saturated carbocycles. The quantitative estimate of drug-likeness (QED) is 0.932. The highest BCUT2D eigenvalue weighted by molar-refractivity contribution is 5.30. The van der Waals surface area contributed by atoms with Gasteiger partial charge in [0.1, 0.15) is 0 Å². The lowest BCUT2D eigenvalue weighted by Crippen LogP contribution is -2.10. The summed E-state index contributed by atoms with van der Waals surface area (Å²) in [5.41, 5.74) is 6.18. The van der Waals surface area contributed by atoms with Crippen LogP contribution < -0.4 is 5.73 Å².